The highest BCUT2D eigenvalue weighted by atomic mass is 16.5. The van der Waals surface area contributed by atoms with Gasteiger partial charge in [0.1, 0.15) is 0 Å². The van der Waals surface area contributed by atoms with Crippen LogP contribution in [0.3, 0.4) is 0 Å². The van der Waals surface area contributed by atoms with Crippen LogP contribution < -0.4 is 0 Å². The molecule has 0 aromatic heterocycles. The van der Waals surface area contributed by atoms with Crippen LogP contribution in [0.25, 0.3) is 0 Å². The number of rotatable bonds is 4. The van der Waals surface area contributed by atoms with Gasteiger partial charge in [-0.3, -0.25) is 4.79 Å². The summed E-state index contributed by atoms with van der Waals surface area (Å²) in [6.07, 6.45) is 4.61. The minimum Gasteiger partial charge on any atom is -0.466 e. The van der Waals surface area contributed by atoms with Crippen LogP contribution in [0.2, 0.25) is 0 Å². The molecule has 1 aliphatic rings. The topological polar surface area (TPSA) is 46.6 Å². The summed E-state index contributed by atoms with van der Waals surface area (Å²) in [4.78, 5) is 24.3. The van der Waals surface area contributed by atoms with Crippen molar-refractivity contribution in [3.05, 3.63) is 11.8 Å². The first-order valence-corrected chi connectivity index (χ1v) is 5.27. The summed E-state index contributed by atoms with van der Waals surface area (Å²) in [5.74, 6) is -0.246. The van der Waals surface area contributed by atoms with Gasteiger partial charge in [0.2, 0.25) is 5.91 Å². The Morgan fingerprint density at radius 1 is 1.60 bits per heavy atom. The van der Waals surface area contributed by atoms with Gasteiger partial charge in [0, 0.05) is 19.2 Å². The van der Waals surface area contributed by atoms with E-state index in [9.17, 15) is 9.59 Å². The number of methoxy groups -OCH3 is 1. The van der Waals surface area contributed by atoms with Crippen molar-refractivity contribution < 1.29 is 14.3 Å². The molecule has 0 aromatic rings. The Bertz CT molecular complexity index is 284. The van der Waals surface area contributed by atoms with E-state index in [1.54, 1.807) is 11.1 Å². The number of likely N-dealkylation sites (tertiary alicyclic amines) is 1. The van der Waals surface area contributed by atoms with Crippen molar-refractivity contribution in [1.82, 2.24) is 4.90 Å². The standard InChI is InChI=1S/C11H17NO3/c1-3-5-9(11(14)15-2)8-12-7-4-6-10(12)13/h8H,3-7H2,1-2H3/b9-8+. The smallest absolute Gasteiger partial charge is 0.335 e. The van der Waals surface area contributed by atoms with E-state index in [0.717, 1.165) is 12.8 Å². The van der Waals surface area contributed by atoms with Crippen LogP contribution in [0.5, 0.6) is 0 Å². The van der Waals surface area contributed by atoms with Crippen LogP contribution in [0.4, 0.5) is 0 Å². The maximum absolute atomic E-state index is 11.4. The predicted octanol–water partition coefficient (Wildman–Crippen LogP) is 1.47. The summed E-state index contributed by atoms with van der Waals surface area (Å²) in [7, 11) is 1.36. The molecule has 0 radical (unpaired) electrons. The summed E-state index contributed by atoms with van der Waals surface area (Å²) >= 11 is 0. The average molecular weight is 211 g/mol. The van der Waals surface area contributed by atoms with Gasteiger partial charge >= 0.3 is 5.97 Å². The monoisotopic (exact) mass is 211 g/mol. The fourth-order valence-corrected chi connectivity index (χ4v) is 1.61. The first kappa shape index (κ1) is 11.8. The lowest BCUT2D eigenvalue weighted by atomic mass is 10.1. The molecule has 0 bridgehead atoms. The third-order valence-corrected chi connectivity index (χ3v) is 2.39. The number of carbonyl (C=O) groups is 2. The molecule has 1 rings (SSSR count). The van der Waals surface area contributed by atoms with E-state index in [0.29, 0.717) is 25.0 Å². The molecule has 1 amide bonds. The van der Waals surface area contributed by atoms with Gasteiger partial charge in [-0.15, -0.1) is 0 Å². The average Bonchev–Trinajstić information content (AvgIpc) is 2.63. The van der Waals surface area contributed by atoms with Crippen LogP contribution in [0.15, 0.2) is 11.8 Å². The second-order valence-electron chi connectivity index (χ2n) is 3.59. The summed E-state index contributed by atoms with van der Waals surface area (Å²) < 4.78 is 4.67. The molecule has 1 fully saturated rings. The third kappa shape index (κ3) is 3.08. The van der Waals surface area contributed by atoms with E-state index in [1.807, 2.05) is 6.92 Å². The first-order valence-electron chi connectivity index (χ1n) is 5.27. The van der Waals surface area contributed by atoms with Gasteiger partial charge in [-0.2, -0.15) is 0 Å². The van der Waals surface area contributed by atoms with Crippen molar-refractivity contribution in [3.8, 4) is 0 Å². The number of hydrogen-bond donors (Lipinski definition) is 0. The molecule has 0 spiro atoms. The lowest BCUT2D eigenvalue weighted by Crippen LogP contribution is -2.20. The minimum atomic E-state index is -0.337. The van der Waals surface area contributed by atoms with Gasteiger partial charge in [0.15, 0.2) is 0 Å². The molecule has 84 valence electrons. The molecule has 0 atom stereocenters. The summed E-state index contributed by atoms with van der Waals surface area (Å²) in [6, 6.07) is 0. The van der Waals surface area contributed by atoms with E-state index in [4.69, 9.17) is 0 Å². The summed E-state index contributed by atoms with van der Waals surface area (Å²) in [5, 5.41) is 0. The zero-order chi connectivity index (χ0) is 11.3. The maximum Gasteiger partial charge on any atom is 0.335 e. The van der Waals surface area contributed by atoms with E-state index >= 15 is 0 Å². The zero-order valence-corrected chi connectivity index (χ0v) is 9.28. The molecule has 1 heterocycles. The molecule has 4 heteroatoms. The summed E-state index contributed by atoms with van der Waals surface area (Å²) in [6.45, 7) is 2.70. The Kier molecular flexibility index (Phi) is 4.34. The molecular weight excluding hydrogens is 194 g/mol. The Labute approximate surface area is 89.9 Å². The number of amides is 1. The molecule has 1 saturated heterocycles. The van der Waals surface area contributed by atoms with Crippen LogP contribution in [0.1, 0.15) is 32.6 Å². The molecule has 0 saturated carbocycles. The molecule has 4 nitrogen and oxygen atoms in total. The van der Waals surface area contributed by atoms with Gasteiger partial charge < -0.3 is 9.64 Å². The van der Waals surface area contributed by atoms with Crippen molar-refractivity contribution in [2.75, 3.05) is 13.7 Å². The van der Waals surface area contributed by atoms with Crippen LogP contribution in [-0.2, 0) is 14.3 Å². The Hall–Kier alpha value is -1.32. The van der Waals surface area contributed by atoms with Crippen molar-refractivity contribution in [3.63, 3.8) is 0 Å². The first-order chi connectivity index (χ1) is 7.19. The molecule has 0 N–H and O–H groups in total. The fourth-order valence-electron chi connectivity index (χ4n) is 1.61. The van der Waals surface area contributed by atoms with E-state index in [2.05, 4.69) is 4.74 Å². The van der Waals surface area contributed by atoms with Crippen molar-refractivity contribution >= 4 is 11.9 Å². The lowest BCUT2D eigenvalue weighted by Gasteiger charge is -2.12. The van der Waals surface area contributed by atoms with Gasteiger partial charge in [0.05, 0.1) is 12.7 Å². The van der Waals surface area contributed by atoms with E-state index in [-0.39, 0.29) is 11.9 Å². The SMILES string of the molecule is CCC/C(=C\N1CCCC1=O)C(=O)OC. The normalized spacial score (nSPS) is 17.1. The molecular formula is C11H17NO3. The van der Waals surface area contributed by atoms with Gasteiger partial charge in [0.25, 0.3) is 0 Å². The zero-order valence-electron chi connectivity index (χ0n) is 9.28. The van der Waals surface area contributed by atoms with E-state index < -0.39 is 0 Å². The highest BCUT2D eigenvalue weighted by molar-refractivity contribution is 5.89. The highest BCUT2D eigenvalue weighted by Gasteiger charge is 2.20. The molecule has 0 unspecified atom stereocenters. The van der Waals surface area contributed by atoms with Crippen molar-refractivity contribution in [2.24, 2.45) is 0 Å². The Balaban J connectivity index is 2.73. The number of hydrogen-bond acceptors (Lipinski definition) is 3. The highest BCUT2D eigenvalue weighted by Crippen LogP contribution is 2.14. The second-order valence-corrected chi connectivity index (χ2v) is 3.59. The number of esters is 1. The maximum atomic E-state index is 11.4. The summed E-state index contributed by atoms with van der Waals surface area (Å²) in [5.41, 5.74) is 0.579. The Morgan fingerprint density at radius 2 is 2.33 bits per heavy atom. The van der Waals surface area contributed by atoms with Crippen LogP contribution in [0, 0.1) is 0 Å². The number of carbonyl (C=O) groups excluding carboxylic acids is 2. The van der Waals surface area contributed by atoms with Crippen molar-refractivity contribution in [2.45, 2.75) is 32.6 Å². The predicted molar refractivity (Wildman–Crippen MR) is 56.0 cm³/mol. The molecule has 0 aromatic carbocycles. The molecule has 15 heavy (non-hydrogen) atoms. The molecule has 1 aliphatic heterocycles. The fraction of sp³-hybridized carbons (Fsp3) is 0.636. The minimum absolute atomic E-state index is 0.0903. The Morgan fingerprint density at radius 3 is 2.80 bits per heavy atom. The number of ether oxygens (including phenoxy) is 1. The van der Waals surface area contributed by atoms with Crippen LogP contribution in [-0.4, -0.2) is 30.4 Å². The van der Waals surface area contributed by atoms with Gasteiger partial charge in [-0.25, -0.2) is 4.79 Å². The third-order valence-electron chi connectivity index (χ3n) is 2.39. The number of nitrogens with zero attached hydrogens (tertiary/aromatic N) is 1. The molecule has 0 aliphatic carbocycles. The second kappa shape index (κ2) is 5.53. The van der Waals surface area contributed by atoms with Gasteiger partial charge in [-0.05, 0) is 12.8 Å². The van der Waals surface area contributed by atoms with Gasteiger partial charge in [-0.1, -0.05) is 13.3 Å². The van der Waals surface area contributed by atoms with E-state index in [1.165, 1.54) is 7.11 Å². The largest absolute Gasteiger partial charge is 0.466 e. The van der Waals surface area contributed by atoms with Crippen molar-refractivity contribution in [1.29, 1.82) is 0 Å². The van der Waals surface area contributed by atoms with Crippen LogP contribution >= 0.6 is 0 Å². The lowest BCUT2D eigenvalue weighted by molar-refractivity contribution is -0.136. The quantitative estimate of drug-likeness (QED) is 0.522.